The summed E-state index contributed by atoms with van der Waals surface area (Å²) in [5, 5.41) is 4.78. The molecule has 1 heterocycles. The third-order valence-corrected chi connectivity index (χ3v) is 2.94. The maximum absolute atomic E-state index is 12.2. The molecule has 0 saturated heterocycles. The number of carbonyl (C=O) groups excluding carboxylic acids is 1. The van der Waals surface area contributed by atoms with Crippen molar-refractivity contribution in [2.45, 2.75) is 26.9 Å². The van der Waals surface area contributed by atoms with Crippen molar-refractivity contribution in [1.82, 2.24) is 9.78 Å². The second kappa shape index (κ2) is 5.45. The molecule has 1 atom stereocenters. The third-order valence-electron chi connectivity index (χ3n) is 2.69. The maximum atomic E-state index is 12.2. The molecule has 0 aliphatic carbocycles. The van der Waals surface area contributed by atoms with E-state index in [1.807, 2.05) is 19.9 Å². The lowest BCUT2D eigenvalue weighted by Crippen LogP contribution is -2.30. The first-order valence-corrected chi connectivity index (χ1v) is 6.35. The minimum absolute atomic E-state index is 0.194. The monoisotopic (exact) mass is 278 g/mol. The molecule has 0 unspecified atom stereocenters. The molecule has 0 aliphatic rings. The number of rotatable bonds is 3. The van der Waals surface area contributed by atoms with E-state index in [1.165, 1.54) is 4.68 Å². The zero-order valence-electron chi connectivity index (χ0n) is 11.1. The van der Waals surface area contributed by atoms with Crippen LogP contribution in [0.1, 0.15) is 23.1 Å². The lowest BCUT2D eigenvalue weighted by molar-refractivity contribution is 0.0707. The summed E-state index contributed by atoms with van der Waals surface area (Å²) in [5.41, 5.74) is 1.61. The molecule has 100 valence electrons. The Kier molecular flexibility index (Phi) is 3.90. The van der Waals surface area contributed by atoms with Crippen molar-refractivity contribution in [3.63, 3.8) is 0 Å². The second-order valence-corrected chi connectivity index (χ2v) is 4.83. The molecule has 0 radical (unpaired) electrons. The number of nitrogens with zero attached hydrogens (tertiary/aromatic N) is 2. The van der Waals surface area contributed by atoms with E-state index in [2.05, 4.69) is 5.10 Å². The summed E-state index contributed by atoms with van der Waals surface area (Å²) in [7, 11) is 0. The quantitative estimate of drug-likeness (QED) is 0.865. The van der Waals surface area contributed by atoms with E-state index in [0.29, 0.717) is 10.8 Å². The molecule has 0 fully saturated rings. The average Bonchev–Trinajstić information content (AvgIpc) is 2.70. The molecule has 0 amide bonds. The Bertz CT molecular complexity index is 590. The lowest BCUT2D eigenvalue weighted by atomic mass is 10.3. The Morgan fingerprint density at radius 3 is 2.47 bits per heavy atom. The van der Waals surface area contributed by atoms with Crippen LogP contribution in [0, 0.1) is 13.8 Å². The van der Waals surface area contributed by atoms with Gasteiger partial charge < -0.3 is 4.74 Å². The van der Waals surface area contributed by atoms with Gasteiger partial charge in [0.1, 0.15) is 5.75 Å². The molecule has 0 spiro atoms. The standard InChI is InChI=1S/C14H15ClN2O2/c1-9-8-10(2)17(16-9)14(18)11(3)19-13-6-4-12(15)5-7-13/h4-8,11H,1-3H3/t11-/m0/s1. The van der Waals surface area contributed by atoms with Crippen LogP contribution in [-0.4, -0.2) is 21.8 Å². The summed E-state index contributed by atoms with van der Waals surface area (Å²) in [4.78, 5) is 12.2. The van der Waals surface area contributed by atoms with Gasteiger partial charge in [0.15, 0.2) is 6.10 Å². The van der Waals surface area contributed by atoms with E-state index in [9.17, 15) is 4.79 Å². The molecule has 0 saturated carbocycles. The number of benzene rings is 1. The minimum atomic E-state index is -0.612. The minimum Gasteiger partial charge on any atom is -0.481 e. The molecule has 1 aromatic carbocycles. The van der Waals surface area contributed by atoms with Crippen molar-refractivity contribution in [2.24, 2.45) is 0 Å². The van der Waals surface area contributed by atoms with Gasteiger partial charge in [-0.3, -0.25) is 4.79 Å². The summed E-state index contributed by atoms with van der Waals surface area (Å²) in [6, 6.07) is 8.75. The van der Waals surface area contributed by atoms with Gasteiger partial charge in [-0.25, -0.2) is 4.68 Å². The highest BCUT2D eigenvalue weighted by Crippen LogP contribution is 2.17. The van der Waals surface area contributed by atoms with E-state index in [-0.39, 0.29) is 5.91 Å². The van der Waals surface area contributed by atoms with Gasteiger partial charge in [-0.05, 0) is 51.1 Å². The van der Waals surface area contributed by atoms with E-state index < -0.39 is 6.10 Å². The fraction of sp³-hybridized carbons (Fsp3) is 0.286. The van der Waals surface area contributed by atoms with Gasteiger partial charge >= 0.3 is 0 Å². The molecule has 4 nitrogen and oxygen atoms in total. The molecule has 0 aliphatic heterocycles. The lowest BCUT2D eigenvalue weighted by Gasteiger charge is -2.14. The van der Waals surface area contributed by atoms with Gasteiger partial charge in [-0.2, -0.15) is 5.10 Å². The molecule has 2 rings (SSSR count). The van der Waals surface area contributed by atoms with E-state index in [0.717, 1.165) is 11.4 Å². The van der Waals surface area contributed by atoms with Gasteiger partial charge in [-0.1, -0.05) is 11.6 Å². The fourth-order valence-corrected chi connectivity index (χ4v) is 1.92. The van der Waals surface area contributed by atoms with E-state index >= 15 is 0 Å². The van der Waals surface area contributed by atoms with Crippen molar-refractivity contribution in [3.05, 3.63) is 46.7 Å². The summed E-state index contributed by atoms with van der Waals surface area (Å²) in [5.74, 6) is 0.410. The summed E-state index contributed by atoms with van der Waals surface area (Å²) < 4.78 is 6.95. The normalized spacial score (nSPS) is 12.2. The van der Waals surface area contributed by atoms with Crippen LogP contribution >= 0.6 is 11.6 Å². The van der Waals surface area contributed by atoms with Crippen molar-refractivity contribution >= 4 is 17.5 Å². The van der Waals surface area contributed by atoms with E-state index in [4.69, 9.17) is 16.3 Å². The predicted molar refractivity (Wildman–Crippen MR) is 73.9 cm³/mol. The van der Waals surface area contributed by atoms with Crippen LogP contribution in [-0.2, 0) is 0 Å². The number of halogens is 1. The van der Waals surface area contributed by atoms with Gasteiger partial charge in [0.2, 0.25) is 0 Å². The largest absolute Gasteiger partial charge is 0.481 e. The Hall–Kier alpha value is -1.81. The first kappa shape index (κ1) is 13.6. The molecular weight excluding hydrogens is 264 g/mol. The number of hydrogen-bond donors (Lipinski definition) is 0. The molecular formula is C14H15ClN2O2. The molecule has 19 heavy (non-hydrogen) atoms. The maximum Gasteiger partial charge on any atom is 0.287 e. The number of aryl methyl sites for hydroxylation is 2. The van der Waals surface area contributed by atoms with Gasteiger partial charge in [0.05, 0.1) is 5.69 Å². The predicted octanol–water partition coefficient (Wildman–Crippen LogP) is 3.26. The van der Waals surface area contributed by atoms with Crippen LogP contribution in [0.2, 0.25) is 5.02 Å². The van der Waals surface area contributed by atoms with Crippen molar-refractivity contribution < 1.29 is 9.53 Å². The number of carbonyl (C=O) groups is 1. The van der Waals surface area contributed by atoms with Crippen LogP contribution in [0.3, 0.4) is 0 Å². The Balaban J connectivity index is 2.11. The van der Waals surface area contributed by atoms with Gasteiger partial charge in [-0.15, -0.1) is 0 Å². The van der Waals surface area contributed by atoms with Crippen LogP contribution in [0.5, 0.6) is 5.75 Å². The summed E-state index contributed by atoms with van der Waals surface area (Å²) >= 11 is 5.79. The van der Waals surface area contributed by atoms with Crippen molar-refractivity contribution in [1.29, 1.82) is 0 Å². The highest BCUT2D eigenvalue weighted by Gasteiger charge is 2.19. The molecule has 0 N–H and O–H groups in total. The molecule has 0 bridgehead atoms. The van der Waals surface area contributed by atoms with Crippen LogP contribution < -0.4 is 4.74 Å². The van der Waals surface area contributed by atoms with Crippen LogP contribution in [0.25, 0.3) is 0 Å². The first-order valence-electron chi connectivity index (χ1n) is 5.97. The Morgan fingerprint density at radius 2 is 1.95 bits per heavy atom. The highest BCUT2D eigenvalue weighted by atomic mass is 35.5. The topological polar surface area (TPSA) is 44.1 Å². The zero-order chi connectivity index (χ0) is 14.0. The molecule has 1 aromatic heterocycles. The SMILES string of the molecule is Cc1cc(C)n(C(=O)[C@H](C)Oc2ccc(Cl)cc2)n1. The van der Waals surface area contributed by atoms with Gasteiger partial charge in [0, 0.05) is 10.7 Å². The Labute approximate surface area is 116 Å². The van der Waals surface area contributed by atoms with E-state index in [1.54, 1.807) is 31.2 Å². The first-order chi connectivity index (χ1) is 8.97. The molecule has 2 aromatic rings. The molecule has 5 heteroatoms. The summed E-state index contributed by atoms with van der Waals surface area (Å²) in [6.07, 6.45) is -0.612. The van der Waals surface area contributed by atoms with Crippen molar-refractivity contribution in [2.75, 3.05) is 0 Å². The van der Waals surface area contributed by atoms with Crippen molar-refractivity contribution in [3.8, 4) is 5.75 Å². The number of ether oxygens (including phenoxy) is 1. The Morgan fingerprint density at radius 1 is 1.32 bits per heavy atom. The van der Waals surface area contributed by atoms with Crippen LogP contribution in [0.4, 0.5) is 0 Å². The number of hydrogen-bond acceptors (Lipinski definition) is 3. The zero-order valence-corrected chi connectivity index (χ0v) is 11.8. The fourth-order valence-electron chi connectivity index (χ4n) is 1.79. The second-order valence-electron chi connectivity index (χ2n) is 4.39. The van der Waals surface area contributed by atoms with Gasteiger partial charge in [0.25, 0.3) is 5.91 Å². The van der Waals surface area contributed by atoms with Crippen LogP contribution in [0.15, 0.2) is 30.3 Å². The number of aromatic nitrogens is 2. The summed E-state index contributed by atoms with van der Waals surface area (Å²) in [6.45, 7) is 5.39. The smallest absolute Gasteiger partial charge is 0.287 e. The highest BCUT2D eigenvalue weighted by molar-refractivity contribution is 6.30. The average molecular weight is 279 g/mol. The third kappa shape index (κ3) is 3.15.